The molecule has 10 heteroatoms. The lowest BCUT2D eigenvalue weighted by atomic mass is 10.3. The van der Waals surface area contributed by atoms with Gasteiger partial charge in [-0.15, -0.1) is 11.8 Å². The number of methoxy groups -OCH3 is 3. The van der Waals surface area contributed by atoms with Crippen LogP contribution in [0.15, 0.2) is 76.5 Å². The SMILES string of the molecule is COc1ccc(NS(=O)(=O)c2ccc(NC(=O)CSc3ccc(OC)c(OC)c3)cc2)cc1. The standard InChI is InChI=1S/C23H24N2O6S2/c1-29-18-8-4-17(5-9-18)25-33(27,28)20-11-6-16(7-12-20)24-23(26)15-32-19-10-13-21(30-2)22(14-19)31-3/h4-14,25H,15H2,1-3H3,(H,24,26). The normalized spacial score (nSPS) is 10.9. The molecule has 8 nitrogen and oxygen atoms in total. The number of thioether (sulfide) groups is 1. The molecule has 3 rings (SSSR count). The molecule has 0 radical (unpaired) electrons. The Labute approximate surface area is 197 Å². The molecule has 174 valence electrons. The van der Waals surface area contributed by atoms with Gasteiger partial charge in [0.15, 0.2) is 11.5 Å². The first kappa shape index (κ1) is 24.3. The molecule has 0 spiro atoms. The summed E-state index contributed by atoms with van der Waals surface area (Å²) >= 11 is 1.35. The third kappa shape index (κ3) is 6.56. The highest BCUT2D eigenvalue weighted by molar-refractivity contribution is 8.00. The summed E-state index contributed by atoms with van der Waals surface area (Å²) in [6, 6.07) is 17.9. The highest BCUT2D eigenvalue weighted by atomic mass is 32.2. The minimum Gasteiger partial charge on any atom is -0.497 e. The Hall–Kier alpha value is -3.37. The lowest BCUT2D eigenvalue weighted by molar-refractivity contribution is -0.113. The molecular formula is C23H24N2O6S2. The summed E-state index contributed by atoms with van der Waals surface area (Å²) in [6.45, 7) is 0. The van der Waals surface area contributed by atoms with E-state index in [0.717, 1.165) is 4.90 Å². The molecule has 1 amide bonds. The maximum atomic E-state index is 12.6. The number of anilines is 2. The maximum absolute atomic E-state index is 12.6. The van der Waals surface area contributed by atoms with Crippen LogP contribution in [0.3, 0.4) is 0 Å². The molecule has 2 N–H and O–H groups in total. The van der Waals surface area contributed by atoms with Gasteiger partial charge in [0, 0.05) is 16.3 Å². The number of rotatable bonds is 10. The van der Waals surface area contributed by atoms with Crippen molar-refractivity contribution in [2.45, 2.75) is 9.79 Å². The topological polar surface area (TPSA) is 103 Å². The lowest BCUT2D eigenvalue weighted by Gasteiger charge is -2.11. The Balaban J connectivity index is 1.57. The molecule has 0 aromatic heterocycles. The van der Waals surface area contributed by atoms with Crippen LogP contribution in [0.25, 0.3) is 0 Å². The number of nitrogens with one attached hydrogen (secondary N) is 2. The highest BCUT2D eigenvalue weighted by Crippen LogP contribution is 2.32. The van der Waals surface area contributed by atoms with E-state index in [0.29, 0.717) is 28.6 Å². The fraction of sp³-hybridized carbons (Fsp3) is 0.174. The van der Waals surface area contributed by atoms with Gasteiger partial charge in [-0.05, 0) is 66.7 Å². The number of sulfonamides is 1. The number of carbonyl (C=O) groups excluding carboxylic acids is 1. The molecule has 0 bridgehead atoms. The molecule has 3 aromatic carbocycles. The van der Waals surface area contributed by atoms with Crippen molar-refractivity contribution in [2.75, 3.05) is 37.1 Å². The highest BCUT2D eigenvalue weighted by Gasteiger charge is 2.15. The minimum atomic E-state index is -3.77. The zero-order valence-corrected chi connectivity index (χ0v) is 20.0. The van der Waals surface area contributed by atoms with Crippen LogP contribution >= 0.6 is 11.8 Å². The average Bonchev–Trinajstić information content (AvgIpc) is 2.83. The zero-order chi connectivity index (χ0) is 23.8. The largest absolute Gasteiger partial charge is 0.497 e. The summed E-state index contributed by atoms with van der Waals surface area (Å²) in [5.74, 6) is 1.78. The summed E-state index contributed by atoms with van der Waals surface area (Å²) in [5, 5.41) is 2.76. The van der Waals surface area contributed by atoms with Crippen LogP contribution in [-0.2, 0) is 14.8 Å². The Morgan fingerprint density at radius 1 is 0.818 bits per heavy atom. The van der Waals surface area contributed by atoms with E-state index in [2.05, 4.69) is 10.0 Å². The first-order chi connectivity index (χ1) is 15.8. The van der Waals surface area contributed by atoms with Gasteiger partial charge in [-0.2, -0.15) is 0 Å². The van der Waals surface area contributed by atoms with E-state index in [1.54, 1.807) is 62.8 Å². The summed E-state index contributed by atoms with van der Waals surface area (Å²) in [4.78, 5) is 13.2. The van der Waals surface area contributed by atoms with Gasteiger partial charge >= 0.3 is 0 Å². The van der Waals surface area contributed by atoms with Crippen LogP contribution in [0.4, 0.5) is 11.4 Å². The molecule has 0 unspecified atom stereocenters. The average molecular weight is 489 g/mol. The van der Waals surface area contributed by atoms with Crippen molar-refractivity contribution < 1.29 is 27.4 Å². The van der Waals surface area contributed by atoms with E-state index >= 15 is 0 Å². The molecule has 0 atom stereocenters. The lowest BCUT2D eigenvalue weighted by Crippen LogP contribution is -2.15. The van der Waals surface area contributed by atoms with Crippen molar-refractivity contribution in [1.82, 2.24) is 0 Å². The van der Waals surface area contributed by atoms with Gasteiger partial charge in [0.25, 0.3) is 10.0 Å². The van der Waals surface area contributed by atoms with Gasteiger partial charge in [-0.3, -0.25) is 9.52 Å². The number of hydrogen-bond acceptors (Lipinski definition) is 7. The molecule has 0 saturated heterocycles. The molecule has 0 aliphatic rings. The minimum absolute atomic E-state index is 0.0796. The van der Waals surface area contributed by atoms with E-state index in [-0.39, 0.29) is 16.6 Å². The molecular weight excluding hydrogens is 464 g/mol. The second kappa shape index (κ2) is 11.0. The Bertz CT molecular complexity index is 1200. The smallest absolute Gasteiger partial charge is 0.261 e. The van der Waals surface area contributed by atoms with Gasteiger partial charge in [-0.25, -0.2) is 8.42 Å². The van der Waals surface area contributed by atoms with Gasteiger partial charge in [0.1, 0.15) is 5.75 Å². The molecule has 0 heterocycles. The van der Waals surface area contributed by atoms with E-state index in [1.165, 1.54) is 31.0 Å². The molecule has 0 saturated carbocycles. The number of carbonyl (C=O) groups is 1. The van der Waals surface area contributed by atoms with Gasteiger partial charge in [-0.1, -0.05) is 0 Å². The van der Waals surface area contributed by atoms with Gasteiger partial charge in [0.05, 0.1) is 32.0 Å². The van der Waals surface area contributed by atoms with Crippen molar-refractivity contribution >= 4 is 39.1 Å². The third-order valence-corrected chi connectivity index (χ3v) is 6.91. The van der Waals surface area contributed by atoms with Gasteiger partial charge < -0.3 is 19.5 Å². The molecule has 0 fully saturated rings. The Morgan fingerprint density at radius 3 is 2.06 bits per heavy atom. The summed E-state index contributed by atoms with van der Waals surface area (Å²) < 4.78 is 43.2. The Kier molecular flexibility index (Phi) is 8.07. The van der Waals surface area contributed by atoms with Crippen molar-refractivity contribution in [2.24, 2.45) is 0 Å². The fourth-order valence-electron chi connectivity index (χ4n) is 2.84. The van der Waals surface area contributed by atoms with Crippen LogP contribution < -0.4 is 24.2 Å². The zero-order valence-electron chi connectivity index (χ0n) is 18.3. The van der Waals surface area contributed by atoms with Crippen LogP contribution in [0.5, 0.6) is 17.2 Å². The molecule has 0 aliphatic carbocycles. The monoisotopic (exact) mass is 488 g/mol. The predicted octanol–water partition coefficient (Wildman–Crippen LogP) is 4.24. The van der Waals surface area contributed by atoms with Crippen LogP contribution in [-0.4, -0.2) is 41.4 Å². The molecule has 3 aromatic rings. The third-order valence-electron chi connectivity index (χ3n) is 4.52. The van der Waals surface area contributed by atoms with Crippen molar-refractivity contribution in [3.05, 3.63) is 66.7 Å². The van der Waals surface area contributed by atoms with Crippen molar-refractivity contribution in [1.29, 1.82) is 0 Å². The predicted molar refractivity (Wildman–Crippen MR) is 129 cm³/mol. The first-order valence-corrected chi connectivity index (χ1v) is 12.2. The summed E-state index contributed by atoms with van der Waals surface area (Å²) in [6.07, 6.45) is 0. The quantitative estimate of drug-likeness (QED) is 0.411. The number of benzene rings is 3. The Morgan fingerprint density at radius 2 is 1.45 bits per heavy atom. The van der Waals surface area contributed by atoms with Crippen LogP contribution in [0.1, 0.15) is 0 Å². The van der Waals surface area contributed by atoms with E-state index < -0.39 is 10.0 Å². The fourth-order valence-corrected chi connectivity index (χ4v) is 4.63. The van der Waals surface area contributed by atoms with E-state index in [9.17, 15) is 13.2 Å². The summed E-state index contributed by atoms with van der Waals surface area (Å²) in [5.41, 5.74) is 0.914. The van der Waals surface area contributed by atoms with Gasteiger partial charge in [0.2, 0.25) is 5.91 Å². The maximum Gasteiger partial charge on any atom is 0.261 e. The number of amides is 1. The number of hydrogen-bond donors (Lipinski definition) is 2. The first-order valence-electron chi connectivity index (χ1n) is 9.76. The summed E-state index contributed by atoms with van der Waals surface area (Å²) in [7, 11) is 0.880. The van der Waals surface area contributed by atoms with Crippen molar-refractivity contribution in [3.63, 3.8) is 0 Å². The second-order valence-corrected chi connectivity index (χ2v) is 9.44. The molecule has 33 heavy (non-hydrogen) atoms. The molecule has 0 aliphatic heterocycles. The number of ether oxygens (including phenoxy) is 3. The van der Waals surface area contributed by atoms with E-state index in [1.807, 2.05) is 6.07 Å². The van der Waals surface area contributed by atoms with E-state index in [4.69, 9.17) is 14.2 Å². The van der Waals surface area contributed by atoms with Crippen LogP contribution in [0, 0.1) is 0 Å². The van der Waals surface area contributed by atoms with Crippen molar-refractivity contribution in [3.8, 4) is 17.2 Å². The second-order valence-electron chi connectivity index (χ2n) is 6.71. The van der Waals surface area contributed by atoms with Crippen LogP contribution in [0.2, 0.25) is 0 Å².